The van der Waals surface area contributed by atoms with Crippen molar-refractivity contribution >= 4 is 17.5 Å². The van der Waals surface area contributed by atoms with Crippen LogP contribution in [0.2, 0.25) is 0 Å². The lowest BCUT2D eigenvalue weighted by atomic mass is 9.96. The molecule has 1 aromatic carbocycles. The predicted octanol–water partition coefficient (Wildman–Crippen LogP) is 4.07. The van der Waals surface area contributed by atoms with Crippen LogP contribution < -0.4 is 0 Å². The second-order valence-electron chi connectivity index (χ2n) is 9.10. The number of hydrogen-bond acceptors (Lipinski definition) is 5. The van der Waals surface area contributed by atoms with Crippen LogP contribution in [0.1, 0.15) is 49.5 Å². The molecule has 0 unspecified atom stereocenters. The number of imidazole rings is 1. The van der Waals surface area contributed by atoms with E-state index >= 15 is 0 Å². The van der Waals surface area contributed by atoms with Crippen LogP contribution in [0.4, 0.5) is 0 Å². The number of nitriles is 1. The zero-order valence-electron chi connectivity index (χ0n) is 18.5. The molecule has 0 N–H and O–H groups in total. The summed E-state index contributed by atoms with van der Waals surface area (Å²) in [4.78, 5) is 31.8. The quantitative estimate of drug-likeness (QED) is 0.585. The molecule has 3 heterocycles. The molecule has 7 nitrogen and oxygen atoms in total. The van der Waals surface area contributed by atoms with Gasteiger partial charge in [-0.3, -0.25) is 9.59 Å². The van der Waals surface area contributed by atoms with Gasteiger partial charge in [-0.05, 0) is 57.9 Å². The molecular formula is C25H26N4O3. The number of aromatic nitrogens is 2. The van der Waals surface area contributed by atoms with E-state index in [1.807, 2.05) is 49.7 Å². The zero-order chi connectivity index (χ0) is 22.9. The minimum Gasteiger partial charge on any atom is -0.460 e. The molecule has 0 aliphatic carbocycles. The second-order valence-corrected chi connectivity index (χ2v) is 9.10. The van der Waals surface area contributed by atoms with Crippen molar-refractivity contribution in [3.8, 4) is 17.3 Å². The fourth-order valence-electron chi connectivity index (χ4n) is 3.86. The molecule has 4 rings (SSSR count). The summed E-state index contributed by atoms with van der Waals surface area (Å²) in [7, 11) is 0. The molecular weight excluding hydrogens is 404 g/mol. The van der Waals surface area contributed by atoms with Crippen molar-refractivity contribution in [3.63, 3.8) is 0 Å². The summed E-state index contributed by atoms with van der Waals surface area (Å²) in [6, 6.07) is 12.9. The molecule has 1 aliphatic rings. The van der Waals surface area contributed by atoms with Crippen LogP contribution in [-0.2, 0) is 9.53 Å². The molecule has 3 aromatic rings. The Morgan fingerprint density at radius 1 is 1.12 bits per heavy atom. The minimum atomic E-state index is -0.500. The van der Waals surface area contributed by atoms with Crippen molar-refractivity contribution in [1.29, 1.82) is 5.26 Å². The lowest BCUT2D eigenvalue weighted by Crippen LogP contribution is -2.41. The SMILES string of the molecule is CC(C)(C)OC(=O)C1CCN(C(=O)c2ccn3cc(-c4ccc(C#N)cc4)nc3c2)CC1. The van der Waals surface area contributed by atoms with Gasteiger partial charge in [0.2, 0.25) is 0 Å². The van der Waals surface area contributed by atoms with Gasteiger partial charge in [0, 0.05) is 36.6 Å². The maximum Gasteiger partial charge on any atom is 0.309 e. The van der Waals surface area contributed by atoms with Gasteiger partial charge in [0.1, 0.15) is 11.2 Å². The average Bonchev–Trinajstić information content (AvgIpc) is 3.21. The smallest absolute Gasteiger partial charge is 0.309 e. The number of amides is 1. The average molecular weight is 431 g/mol. The third-order valence-corrected chi connectivity index (χ3v) is 5.54. The molecule has 0 radical (unpaired) electrons. The standard InChI is InChI=1S/C25H26N4O3/c1-25(2,3)32-24(31)19-8-11-28(12-9-19)23(30)20-10-13-29-16-21(27-22(29)14-20)18-6-4-17(15-26)5-7-18/h4-7,10,13-14,16,19H,8-9,11-12H2,1-3H3. The number of fused-ring (bicyclic) bond motifs is 1. The maximum absolute atomic E-state index is 13.0. The Bertz CT molecular complexity index is 1190. The number of ether oxygens (including phenoxy) is 1. The van der Waals surface area contributed by atoms with Crippen LogP contribution in [0, 0.1) is 17.2 Å². The number of carbonyl (C=O) groups is 2. The first-order valence-electron chi connectivity index (χ1n) is 10.7. The first-order valence-corrected chi connectivity index (χ1v) is 10.7. The van der Waals surface area contributed by atoms with Gasteiger partial charge in [-0.2, -0.15) is 5.26 Å². The van der Waals surface area contributed by atoms with Crippen molar-refractivity contribution < 1.29 is 14.3 Å². The predicted molar refractivity (Wildman–Crippen MR) is 120 cm³/mol. The summed E-state index contributed by atoms with van der Waals surface area (Å²) in [6.45, 7) is 6.64. The highest BCUT2D eigenvalue weighted by atomic mass is 16.6. The highest BCUT2D eigenvalue weighted by molar-refractivity contribution is 5.95. The molecule has 1 amide bonds. The lowest BCUT2D eigenvalue weighted by molar-refractivity contribution is -0.161. The summed E-state index contributed by atoms with van der Waals surface area (Å²) in [5.41, 5.74) is 3.03. The number of rotatable bonds is 3. The van der Waals surface area contributed by atoms with Crippen molar-refractivity contribution in [2.75, 3.05) is 13.1 Å². The third kappa shape index (κ3) is 4.65. The van der Waals surface area contributed by atoms with Gasteiger partial charge in [0.15, 0.2) is 0 Å². The molecule has 0 atom stereocenters. The van der Waals surface area contributed by atoms with Crippen LogP contribution in [0.3, 0.4) is 0 Å². The van der Waals surface area contributed by atoms with Gasteiger partial charge >= 0.3 is 5.97 Å². The van der Waals surface area contributed by atoms with Gasteiger partial charge in [-0.25, -0.2) is 4.98 Å². The zero-order valence-corrected chi connectivity index (χ0v) is 18.5. The molecule has 7 heteroatoms. The van der Waals surface area contributed by atoms with Gasteiger partial charge in [-0.1, -0.05) is 12.1 Å². The first kappa shape index (κ1) is 21.6. The van der Waals surface area contributed by atoms with Crippen molar-refractivity contribution in [2.24, 2.45) is 5.92 Å². The largest absolute Gasteiger partial charge is 0.460 e. The maximum atomic E-state index is 13.0. The van der Waals surface area contributed by atoms with Crippen molar-refractivity contribution in [1.82, 2.24) is 14.3 Å². The van der Waals surface area contributed by atoms with Crippen molar-refractivity contribution in [3.05, 3.63) is 59.9 Å². The molecule has 0 spiro atoms. The summed E-state index contributed by atoms with van der Waals surface area (Å²) >= 11 is 0. The topological polar surface area (TPSA) is 87.7 Å². The van der Waals surface area contributed by atoms with Crippen LogP contribution >= 0.6 is 0 Å². The van der Waals surface area contributed by atoms with E-state index in [1.54, 1.807) is 29.2 Å². The van der Waals surface area contributed by atoms with Gasteiger partial charge in [0.05, 0.1) is 23.2 Å². The Hall–Kier alpha value is -3.66. The van der Waals surface area contributed by atoms with Crippen LogP contribution in [-0.4, -0.2) is 44.9 Å². The number of benzene rings is 1. The molecule has 1 saturated heterocycles. The summed E-state index contributed by atoms with van der Waals surface area (Å²) < 4.78 is 7.36. The van der Waals surface area contributed by atoms with E-state index in [2.05, 4.69) is 11.1 Å². The Labute approximate surface area is 187 Å². The summed E-state index contributed by atoms with van der Waals surface area (Å²) in [6.07, 6.45) is 4.94. The van der Waals surface area contributed by atoms with E-state index in [0.29, 0.717) is 42.7 Å². The molecule has 32 heavy (non-hydrogen) atoms. The first-order chi connectivity index (χ1) is 15.2. The number of nitrogens with zero attached hydrogens (tertiary/aromatic N) is 4. The Kier molecular flexibility index (Phi) is 5.70. The fraction of sp³-hybridized carbons (Fsp3) is 0.360. The van der Waals surface area contributed by atoms with Crippen molar-refractivity contribution in [2.45, 2.75) is 39.2 Å². The number of likely N-dealkylation sites (tertiary alicyclic amines) is 1. The van der Waals surface area contributed by atoms with E-state index in [0.717, 1.165) is 11.3 Å². The van der Waals surface area contributed by atoms with Crippen LogP contribution in [0.15, 0.2) is 48.8 Å². The van der Waals surface area contributed by atoms with Gasteiger partial charge in [0.25, 0.3) is 5.91 Å². The molecule has 0 saturated carbocycles. The normalized spacial score (nSPS) is 14.9. The van der Waals surface area contributed by atoms with E-state index in [-0.39, 0.29) is 17.8 Å². The van der Waals surface area contributed by atoms with Crippen LogP contribution in [0.5, 0.6) is 0 Å². The van der Waals surface area contributed by atoms with E-state index in [1.165, 1.54) is 0 Å². The molecule has 0 bridgehead atoms. The van der Waals surface area contributed by atoms with E-state index in [9.17, 15) is 9.59 Å². The third-order valence-electron chi connectivity index (χ3n) is 5.54. The second kappa shape index (κ2) is 8.46. The number of piperidine rings is 1. The molecule has 164 valence electrons. The van der Waals surface area contributed by atoms with E-state index < -0.39 is 5.60 Å². The van der Waals surface area contributed by atoms with Gasteiger partial charge < -0.3 is 14.0 Å². The number of esters is 1. The number of carbonyl (C=O) groups excluding carboxylic acids is 2. The fourth-order valence-corrected chi connectivity index (χ4v) is 3.86. The summed E-state index contributed by atoms with van der Waals surface area (Å²) in [5.74, 6) is -0.403. The molecule has 1 aliphatic heterocycles. The van der Waals surface area contributed by atoms with E-state index in [4.69, 9.17) is 10.00 Å². The monoisotopic (exact) mass is 430 g/mol. The molecule has 1 fully saturated rings. The minimum absolute atomic E-state index is 0.0574. The Morgan fingerprint density at radius 2 is 1.81 bits per heavy atom. The highest BCUT2D eigenvalue weighted by Crippen LogP contribution is 2.24. The number of hydrogen-bond donors (Lipinski definition) is 0. The molecule has 2 aromatic heterocycles. The highest BCUT2D eigenvalue weighted by Gasteiger charge is 2.31. The number of pyridine rings is 1. The van der Waals surface area contributed by atoms with Crippen LogP contribution in [0.25, 0.3) is 16.9 Å². The van der Waals surface area contributed by atoms with Gasteiger partial charge in [-0.15, -0.1) is 0 Å². The Morgan fingerprint density at radius 3 is 2.44 bits per heavy atom. The lowest BCUT2D eigenvalue weighted by Gasteiger charge is -2.32. The Balaban J connectivity index is 1.45. The summed E-state index contributed by atoms with van der Waals surface area (Å²) in [5, 5.41) is 8.96.